The minimum absolute atomic E-state index is 0.324. The molecule has 1 aromatic carbocycles. The van der Waals surface area contributed by atoms with Gasteiger partial charge in [0.1, 0.15) is 6.04 Å². The van der Waals surface area contributed by atoms with Crippen LogP contribution < -0.4 is 0 Å². The monoisotopic (exact) mass is 314 g/mol. The van der Waals surface area contributed by atoms with Crippen LogP contribution in [0.1, 0.15) is 5.56 Å². The zero-order chi connectivity index (χ0) is 16.2. The highest BCUT2D eigenvalue weighted by Gasteiger charge is 2.42. The molecule has 0 fully saturated rings. The van der Waals surface area contributed by atoms with E-state index in [0.717, 1.165) is 5.56 Å². The number of carbonyl (C=O) groups excluding carboxylic acids is 1. The second-order valence-corrected chi connectivity index (χ2v) is 5.25. The highest BCUT2D eigenvalue weighted by atomic mass is 16.7. The molecule has 1 amide bonds. The van der Waals surface area contributed by atoms with Crippen molar-refractivity contribution >= 4 is 12.0 Å². The molecule has 2 aliphatic rings. The fraction of sp³-hybridized carbons (Fsp3) is 0.294. The predicted octanol–water partition coefficient (Wildman–Crippen LogP) is 2.48. The van der Waals surface area contributed by atoms with Gasteiger partial charge in [-0.25, -0.2) is 4.79 Å². The van der Waals surface area contributed by atoms with Gasteiger partial charge in [0.2, 0.25) is 5.90 Å². The summed E-state index contributed by atoms with van der Waals surface area (Å²) in [4.78, 5) is 18.8. The van der Waals surface area contributed by atoms with Crippen molar-refractivity contribution in [2.75, 3.05) is 7.11 Å². The smallest absolute Gasteiger partial charge is 0.414 e. The van der Waals surface area contributed by atoms with E-state index < -0.39 is 18.2 Å². The van der Waals surface area contributed by atoms with E-state index in [2.05, 4.69) is 11.7 Å². The summed E-state index contributed by atoms with van der Waals surface area (Å²) in [5.74, 6) is 0.511. The van der Waals surface area contributed by atoms with Crippen molar-refractivity contribution in [3.8, 4) is 0 Å². The van der Waals surface area contributed by atoms with E-state index in [4.69, 9.17) is 14.3 Å². The van der Waals surface area contributed by atoms with Crippen LogP contribution in [-0.4, -0.2) is 42.3 Å². The van der Waals surface area contributed by atoms with Gasteiger partial charge in [-0.2, -0.15) is 0 Å². The average molecular weight is 314 g/mol. The molecule has 0 saturated heterocycles. The zero-order valence-electron chi connectivity index (χ0n) is 12.8. The lowest BCUT2D eigenvalue weighted by Gasteiger charge is -2.39. The van der Waals surface area contributed by atoms with Gasteiger partial charge < -0.3 is 14.3 Å². The van der Waals surface area contributed by atoms with Crippen molar-refractivity contribution in [3.05, 3.63) is 60.8 Å². The van der Waals surface area contributed by atoms with E-state index in [-0.39, 0.29) is 6.10 Å². The number of benzene rings is 1. The lowest BCUT2D eigenvalue weighted by Crippen LogP contribution is -2.53. The second kappa shape index (κ2) is 6.56. The number of hydrogen-bond acceptors (Lipinski definition) is 5. The average Bonchev–Trinajstić information content (AvgIpc) is 2.60. The number of rotatable bonds is 3. The van der Waals surface area contributed by atoms with Crippen LogP contribution in [0, 0.1) is 0 Å². The molecule has 0 radical (unpaired) electrons. The maximum Gasteiger partial charge on any atom is 0.414 e. The summed E-state index contributed by atoms with van der Waals surface area (Å²) in [5, 5.41) is 4.06. The Labute approximate surface area is 134 Å². The number of carbonyl (C=O) groups is 1. The summed E-state index contributed by atoms with van der Waals surface area (Å²) in [5.41, 5.74) is 1.09. The van der Waals surface area contributed by atoms with Gasteiger partial charge in [-0.15, -0.1) is 6.58 Å². The molecule has 2 unspecified atom stereocenters. The van der Waals surface area contributed by atoms with Gasteiger partial charge in [-0.05, 0) is 11.6 Å². The molecule has 1 aromatic rings. The summed E-state index contributed by atoms with van der Waals surface area (Å²) < 4.78 is 10.7. The van der Waals surface area contributed by atoms with E-state index in [9.17, 15) is 4.79 Å². The third kappa shape index (κ3) is 3.06. The van der Waals surface area contributed by atoms with Gasteiger partial charge in [0.25, 0.3) is 0 Å². The largest absolute Gasteiger partial charge is 0.467 e. The van der Waals surface area contributed by atoms with Crippen molar-refractivity contribution in [3.63, 3.8) is 0 Å². The molecule has 6 heteroatoms. The van der Waals surface area contributed by atoms with E-state index in [1.54, 1.807) is 18.4 Å². The number of fused-ring (bicyclic) bond motifs is 1. The Balaban J connectivity index is 1.74. The second-order valence-electron chi connectivity index (χ2n) is 5.25. The van der Waals surface area contributed by atoms with Crippen LogP contribution in [0.2, 0.25) is 0 Å². The van der Waals surface area contributed by atoms with E-state index >= 15 is 0 Å². The van der Waals surface area contributed by atoms with E-state index in [1.807, 2.05) is 30.3 Å². The molecule has 120 valence electrons. The van der Waals surface area contributed by atoms with Crippen LogP contribution in [0.3, 0.4) is 0 Å². The van der Waals surface area contributed by atoms with Crippen molar-refractivity contribution in [2.45, 2.75) is 24.7 Å². The van der Waals surface area contributed by atoms with Crippen LogP contribution in [-0.2, 0) is 20.7 Å². The van der Waals surface area contributed by atoms with E-state index in [0.29, 0.717) is 12.3 Å². The lowest BCUT2D eigenvalue weighted by molar-refractivity contribution is -0.0740. The van der Waals surface area contributed by atoms with Gasteiger partial charge in [0.15, 0.2) is 12.2 Å². The van der Waals surface area contributed by atoms with Crippen LogP contribution in [0.25, 0.3) is 0 Å². The summed E-state index contributed by atoms with van der Waals surface area (Å²) >= 11 is 0. The molecule has 6 nitrogen and oxygen atoms in total. The summed E-state index contributed by atoms with van der Waals surface area (Å²) in [7, 11) is 1.33. The van der Waals surface area contributed by atoms with Crippen LogP contribution in [0.15, 0.2) is 60.4 Å². The van der Waals surface area contributed by atoms with Crippen molar-refractivity contribution in [2.24, 2.45) is 5.16 Å². The summed E-state index contributed by atoms with van der Waals surface area (Å²) in [6, 6.07) is 9.48. The highest BCUT2D eigenvalue weighted by molar-refractivity contribution is 5.79. The fourth-order valence-corrected chi connectivity index (χ4v) is 2.65. The molecule has 2 aliphatic heterocycles. The van der Waals surface area contributed by atoms with Crippen molar-refractivity contribution < 1.29 is 19.1 Å². The molecular weight excluding hydrogens is 296 g/mol. The molecule has 2 heterocycles. The molecule has 23 heavy (non-hydrogen) atoms. The molecule has 0 aromatic heterocycles. The Kier molecular flexibility index (Phi) is 4.32. The Bertz CT molecular complexity index is 641. The normalized spacial score (nSPS) is 25.5. The van der Waals surface area contributed by atoms with Gasteiger partial charge in [0.05, 0.1) is 13.5 Å². The number of amides is 1. The quantitative estimate of drug-likeness (QED) is 0.804. The van der Waals surface area contributed by atoms with Crippen LogP contribution >= 0.6 is 0 Å². The Morgan fingerprint density at radius 2 is 2.22 bits per heavy atom. The molecule has 0 bridgehead atoms. The van der Waals surface area contributed by atoms with Gasteiger partial charge in [-0.1, -0.05) is 41.6 Å². The fourth-order valence-electron chi connectivity index (χ4n) is 2.65. The molecule has 3 atom stereocenters. The summed E-state index contributed by atoms with van der Waals surface area (Å²) in [6.07, 6.45) is 4.32. The molecule has 0 aliphatic carbocycles. The maximum atomic E-state index is 11.8. The van der Waals surface area contributed by atoms with Gasteiger partial charge in [0, 0.05) is 6.20 Å². The Hall–Kier alpha value is -2.76. The minimum Gasteiger partial charge on any atom is -0.467 e. The molecule has 0 N–H and O–H groups in total. The standard InChI is InChI=1S/C17H18N2O4/c1-3-13-16-14(9-10-19(13)17(20)21-2)22-15(18-23-16)11-12-7-5-4-6-8-12/h3-10,13-14,16H,1,11H2,2H3/t13?,14?,16-/m0/s1. The van der Waals surface area contributed by atoms with Crippen molar-refractivity contribution in [1.29, 1.82) is 0 Å². The maximum absolute atomic E-state index is 11.8. The number of oxime groups is 1. The topological polar surface area (TPSA) is 60.4 Å². The number of ether oxygens (including phenoxy) is 2. The van der Waals surface area contributed by atoms with E-state index in [1.165, 1.54) is 12.0 Å². The predicted molar refractivity (Wildman–Crippen MR) is 84.7 cm³/mol. The first-order valence-corrected chi connectivity index (χ1v) is 7.33. The molecule has 0 saturated carbocycles. The van der Waals surface area contributed by atoms with Gasteiger partial charge in [-0.3, -0.25) is 4.90 Å². The Morgan fingerprint density at radius 1 is 1.43 bits per heavy atom. The van der Waals surface area contributed by atoms with Crippen molar-refractivity contribution in [1.82, 2.24) is 4.90 Å². The number of hydrogen-bond donors (Lipinski definition) is 0. The zero-order valence-corrected chi connectivity index (χ0v) is 12.8. The summed E-state index contributed by atoms with van der Waals surface area (Å²) in [6.45, 7) is 3.76. The van der Waals surface area contributed by atoms with Crippen LogP contribution in [0.5, 0.6) is 0 Å². The number of methoxy groups -OCH3 is 1. The van der Waals surface area contributed by atoms with Gasteiger partial charge >= 0.3 is 6.09 Å². The third-order valence-corrected chi connectivity index (χ3v) is 3.79. The Morgan fingerprint density at radius 3 is 2.91 bits per heavy atom. The first-order valence-electron chi connectivity index (χ1n) is 7.33. The molecule has 0 spiro atoms. The number of nitrogens with zero attached hydrogens (tertiary/aromatic N) is 2. The molecular formula is C17H18N2O4. The van der Waals surface area contributed by atoms with Crippen LogP contribution in [0.4, 0.5) is 4.79 Å². The first kappa shape index (κ1) is 15.1. The SMILES string of the molecule is C=CC1[C@@H]2ON=C(Cc3ccccc3)OC2C=CN1C(=O)OC. The highest BCUT2D eigenvalue weighted by Crippen LogP contribution is 2.26. The first-order chi connectivity index (χ1) is 11.2. The molecule has 3 rings (SSSR count). The minimum atomic E-state index is -0.479. The lowest BCUT2D eigenvalue weighted by atomic mass is 10.00. The third-order valence-electron chi connectivity index (χ3n) is 3.79.